The van der Waals surface area contributed by atoms with Crippen LogP contribution in [0, 0.1) is 5.41 Å². The summed E-state index contributed by atoms with van der Waals surface area (Å²) in [6, 6.07) is 4.26. The SMILES string of the molecule is CC1(C)CCCN(c2cccc(Cl)c2C(N)=O)C1C(=O)O. The fourth-order valence-corrected chi connectivity index (χ4v) is 3.38. The Morgan fingerprint density at radius 3 is 2.67 bits per heavy atom. The van der Waals surface area contributed by atoms with Crippen molar-refractivity contribution in [2.45, 2.75) is 32.7 Å². The summed E-state index contributed by atoms with van der Waals surface area (Å²) in [6.07, 6.45) is 1.66. The average Bonchev–Trinajstić information content (AvgIpc) is 2.35. The largest absolute Gasteiger partial charge is 0.480 e. The number of aliphatic carboxylic acids is 1. The molecule has 1 fully saturated rings. The van der Waals surface area contributed by atoms with Gasteiger partial charge in [0, 0.05) is 6.54 Å². The minimum atomic E-state index is -0.907. The predicted octanol–water partition coefficient (Wildman–Crippen LogP) is 2.52. The molecule has 0 aromatic heterocycles. The normalized spacial score (nSPS) is 21.1. The molecule has 1 saturated heterocycles. The van der Waals surface area contributed by atoms with Gasteiger partial charge in [0.1, 0.15) is 6.04 Å². The van der Waals surface area contributed by atoms with E-state index >= 15 is 0 Å². The number of hydrogen-bond acceptors (Lipinski definition) is 3. The standard InChI is InChI=1S/C15H19ClN2O3/c1-15(2)7-4-8-18(12(15)14(20)21)10-6-3-5-9(16)11(10)13(17)19/h3,5-6,12H,4,7-8H2,1-2H3,(H2,17,19)(H,20,21). The van der Waals surface area contributed by atoms with E-state index in [1.54, 1.807) is 23.1 Å². The van der Waals surface area contributed by atoms with Gasteiger partial charge in [-0.05, 0) is 30.4 Å². The van der Waals surface area contributed by atoms with Crippen LogP contribution in [-0.4, -0.2) is 29.6 Å². The van der Waals surface area contributed by atoms with Crippen LogP contribution in [-0.2, 0) is 4.79 Å². The number of anilines is 1. The summed E-state index contributed by atoms with van der Waals surface area (Å²) >= 11 is 6.07. The van der Waals surface area contributed by atoms with Crippen molar-refractivity contribution in [3.05, 3.63) is 28.8 Å². The summed E-state index contributed by atoms with van der Waals surface area (Å²) in [5.41, 5.74) is 5.69. The molecule has 114 valence electrons. The summed E-state index contributed by atoms with van der Waals surface area (Å²) in [5, 5.41) is 9.86. The van der Waals surface area contributed by atoms with Crippen LogP contribution in [0.1, 0.15) is 37.0 Å². The topological polar surface area (TPSA) is 83.6 Å². The molecule has 1 heterocycles. The third-order valence-electron chi connectivity index (χ3n) is 4.05. The van der Waals surface area contributed by atoms with Crippen molar-refractivity contribution in [1.82, 2.24) is 0 Å². The maximum atomic E-state index is 11.7. The lowest BCUT2D eigenvalue weighted by Crippen LogP contribution is -2.54. The molecule has 1 aliphatic heterocycles. The van der Waals surface area contributed by atoms with Gasteiger partial charge in [0.05, 0.1) is 16.3 Å². The molecule has 0 bridgehead atoms. The first kappa shape index (κ1) is 15.6. The zero-order chi connectivity index (χ0) is 15.8. The van der Waals surface area contributed by atoms with Gasteiger partial charge in [-0.15, -0.1) is 0 Å². The molecule has 1 aliphatic rings. The van der Waals surface area contributed by atoms with Crippen LogP contribution in [0.3, 0.4) is 0 Å². The zero-order valence-corrected chi connectivity index (χ0v) is 12.9. The lowest BCUT2D eigenvalue weighted by atomic mass is 9.76. The van der Waals surface area contributed by atoms with Crippen molar-refractivity contribution in [1.29, 1.82) is 0 Å². The van der Waals surface area contributed by atoms with Crippen LogP contribution in [0.25, 0.3) is 0 Å². The molecule has 1 amide bonds. The maximum absolute atomic E-state index is 11.7. The van der Waals surface area contributed by atoms with E-state index < -0.39 is 23.3 Å². The minimum absolute atomic E-state index is 0.183. The van der Waals surface area contributed by atoms with Crippen LogP contribution in [0.15, 0.2) is 18.2 Å². The number of primary amides is 1. The molecular formula is C15H19ClN2O3. The first-order valence-corrected chi connectivity index (χ1v) is 7.21. The van der Waals surface area contributed by atoms with Crippen LogP contribution >= 0.6 is 11.6 Å². The van der Waals surface area contributed by atoms with Crippen molar-refractivity contribution in [2.75, 3.05) is 11.4 Å². The Morgan fingerprint density at radius 1 is 1.43 bits per heavy atom. The van der Waals surface area contributed by atoms with Gasteiger partial charge in [0.25, 0.3) is 5.91 Å². The van der Waals surface area contributed by atoms with Gasteiger partial charge in [-0.2, -0.15) is 0 Å². The van der Waals surface area contributed by atoms with Crippen LogP contribution in [0.4, 0.5) is 5.69 Å². The molecule has 0 saturated carbocycles. The van der Waals surface area contributed by atoms with Crippen molar-refractivity contribution < 1.29 is 14.7 Å². The van der Waals surface area contributed by atoms with Gasteiger partial charge >= 0.3 is 5.97 Å². The minimum Gasteiger partial charge on any atom is -0.480 e. The van der Waals surface area contributed by atoms with Gasteiger partial charge in [-0.3, -0.25) is 4.79 Å². The smallest absolute Gasteiger partial charge is 0.326 e. The monoisotopic (exact) mass is 310 g/mol. The predicted molar refractivity (Wildman–Crippen MR) is 81.8 cm³/mol. The quantitative estimate of drug-likeness (QED) is 0.898. The summed E-state index contributed by atoms with van der Waals surface area (Å²) < 4.78 is 0. The number of carbonyl (C=O) groups excluding carboxylic acids is 1. The fraction of sp³-hybridized carbons (Fsp3) is 0.467. The molecular weight excluding hydrogens is 292 g/mol. The number of carboxylic acid groups (broad SMARTS) is 1. The molecule has 1 aromatic rings. The van der Waals surface area contributed by atoms with E-state index in [0.29, 0.717) is 12.2 Å². The van der Waals surface area contributed by atoms with E-state index in [1.807, 2.05) is 13.8 Å². The highest BCUT2D eigenvalue weighted by Gasteiger charge is 2.43. The Bertz CT molecular complexity index is 586. The van der Waals surface area contributed by atoms with E-state index in [4.69, 9.17) is 17.3 Å². The number of amides is 1. The van der Waals surface area contributed by atoms with Gasteiger partial charge in [-0.1, -0.05) is 31.5 Å². The molecule has 3 N–H and O–H groups in total. The number of piperidine rings is 1. The highest BCUT2D eigenvalue weighted by atomic mass is 35.5. The summed E-state index contributed by atoms with van der Waals surface area (Å²) in [5.74, 6) is -1.56. The van der Waals surface area contributed by atoms with Gasteiger partial charge in [0.2, 0.25) is 0 Å². The maximum Gasteiger partial charge on any atom is 0.326 e. The van der Waals surface area contributed by atoms with E-state index in [1.165, 1.54) is 0 Å². The number of carboxylic acids is 1. The second-order valence-electron chi connectivity index (χ2n) is 6.02. The molecule has 1 unspecified atom stereocenters. The third kappa shape index (κ3) is 2.83. The average molecular weight is 311 g/mol. The molecule has 0 aliphatic carbocycles. The second-order valence-corrected chi connectivity index (χ2v) is 6.43. The Hall–Kier alpha value is -1.75. The number of nitrogens with two attached hydrogens (primary N) is 1. The summed E-state index contributed by atoms with van der Waals surface area (Å²) in [4.78, 5) is 25.1. The Balaban J connectivity index is 2.56. The molecule has 6 heteroatoms. The highest BCUT2D eigenvalue weighted by Crippen LogP contribution is 2.40. The van der Waals surface area contributed by atoms with Crippen molar-refractivity contribution in [2.24, 2.45) is 11.1 Å². The summed E-state index contributed by atoms with van der Waals surface area (Å²) in [7, 11) is 0. The van der Waals surface area contributed by atoms with Gasteiger partial charge < -0.3 is 15.7 Å². The Morgan fingerprint density at radius 2 is 2.10 bits per heavy atom. The number of nitrogens with zero attached hydrogens (tertiary/aromatic N) is 1. The number of halogens is 1. The van der Waals surface area contributed by atoms with Crippen molar-refractivity contribution >= 4 is 29.2 Å². The number of hydrogen-bond donors (Lipinski definition) is 2. The molecule has 2 rings (SSSR count). The Kier molecular flexibility index (Phi) is 4.14. The van der Waals surface area contributed by atoms with Crippen LogP contribution < -0.4 is 10.6 Å². The third-order valence-corrected chi connectivity index (χ3v) is 4.37. The molecule has 0 spiro atoms. The lowest BCUT2D eigenvalue weighted by Gasteiger charge is -2.45. The molecule has 0 radical (unpaired) electrons. The second kappa shape index (κ2) is 5.56. The molecule has 1 aromatic carbocycles. The van der Waals surface area contributed by atoms with Crippen molar-refractivity contribution in [3.63, 3.8) is 0 Å². The van der Waals surface area contributed by atoms with Crippen molar-refractivity contribution in [3.8, 4) is 0 Å². The number of carbonyl (C=O) groups is 2. The molecule has 1 atom stereocenters. The van der Waals surface area contributed by atoms with Crippen LogP contribution in [0.2, 0.25) is 5.02 Å². The molecule has 21 heavy (non-hydrogen) atoms. The first-order chi connectivity index (χ1) is 9.75. The highest BCUT2D eigenvalue weighted by molar-refractivity contribution is 6.34. The summed E-state index contributed by atoms with van der Waals surface area (Å²) in [6.45, 7) is 4.40. The van der Waals surface area contributed by atoms with Crippen LogP contribution in [0.5, 0.6) is 0 Å². The lowest BCUT2D eigenvalue weighted by molar-refractivity contribution is -0.142. The zero-order valence-electron chi connectivity index (χ0n) is 12.1. The van der Waals surface area contributed by atoms with E-state index in [0.717, 1.165) is 12.8 Å². The number of benzene rings is 1. The van der Waals surface area contributed by atoms with E-state index in [9.17, 15) is 14.7 Å². The van der Waals surface area contributed by atoms with E-state index in [-0.39, 0.29) is 10.6 Å². The first-order valence-electron chi connectivity index (χ1n) is 6.83. The number of rotatable bonds is 3. The van der Waals surface area contributed by atoms with E-state index in [2.05, 4.69) is 0 Å². The van der Waals surface area contributed by atoms with Gasteiger partial charge in [-0.25, -0.2) is 4.79 Å². The fourth-order valence-electron chi connectivity index (χ4n) is 3.12. The Labute approximate surface area is 128 Å². The molecule has 5 nitrogen and oxygen atoms in total. The van der Waals surface area contributed by atoms with Gasteiger partial charge in [0.15, 0.2) is 0 Å².